The Morgan fingerprint density at radius 2 is 1.71 bits per heavy atom. The largest absolute Gasteiger partial charge is 0.474 e. The summed E-state index contributed by atoms with van der Waals surface area (Å²) in [7, 11) is -3.86. The Labute approximate surface area is 283 Å². The number of carbonyl (C=O) groups excluding carboxylic acids is 4. The lowest BCUT2D eigenvalue weighted by Crippen LogP contribution is -2.56. The summed E-state index contributed by atoms with van der Waals surface area (Å²) in [6.07, 6.45) is 4.28. The van der Waals surface area contributed by atoms with Gasteiger partial charge in [0.05, 0.1) is 17.2 Å². The van der Waals surface area contributed by atoms with Crippen LogP contribution >= 0.6 is 0 Å². The fraction of sp³-hybridized carbons (Fsp3) is 0.583. The van der Waals surface area contributed by atoms with Crippen LogP contribution in [0, 0.1) is 28.6 Å². The minimum Gasteiger partial charge on any atom is -0.474 e. The van der Waals surface area contributed by atoms with E-state index >= 15 is 0 Å². The number of ether oxygens (including phenoxy) is 1. The first-order valence-electron chi connectivity index (χ1n) is 16.7. The molecule has 0 saturated heterocycles. The summed E-state index contributed by atoms with van der Waals surface area (Å²) in [5.41, 5.74) is -2.47. The van der Waals surface area contributed by atoms with E-state index in [-0.39, 0.29) is 42.8 Å². The van der Waals surface area contributed by atoms with Gasteiger partial charge in [0.25, 0.3) is 5.91 Å². The van der Waals surface area contributed by atoms with Crippen LogP contribution in [0.15, 0.2) is 49.2 Å². The predicted molar refractivity (Wildman–Crippen MR) is 182 cm³/mol. The van der Waals surface area contributed by atoms with Gasteiger partial charge < -0.3 is 15.4 Å². The van der Waals surface area contributed by atoms with Crippen molar-refractivity contribution < 1.29 is 32.3 Å². The van der Waals surface area contributed by atoms with Crippen LogP contribution in [0.2, 0.25) is 0 Å². The number of pyridine rings is 1. The van der Waals surface area contributed by atoms with E-state index < -0.39 is 67.9 Å². The molecule has 6 unspecified atom stereocenters. The van der Waals surface area contributed by atoms with Crippen LogP contribution in [0.25, 0.3) is 10.8 Å². The zero-order valence-corrected chi connectivity index (χ0v) is 29.5. The second kappa shape index (κ2) is 12.9. The normalized spacial score (nSPS) is 26.3. The molecule has 11 nitrogen and oxygen atoms in total. The van der Waals surface area contributed by atoms with Gasteiger partial charge in [-0.15, -0.1) is 6.58 Å². The topological polar surface area (TPSA) is 161 Å². The Hall–Kier alpha value is -3.80. The quantitative estimate of drug-likeness (QED) is 0.281. The first-order chi connectivity index (χ1) is 22.3. The number of sulfonamides is 1. The second-order valence-corrected chi connectivity index (χ2v) is 17.9. The van der Waals surface area contributed by atoms with Crippen molar-refractivity contribution in [2.24, 2.45) is 28.6 Å². The lowest BCUT2D eigenvalue weighted by Gasteiger charge is -2.34. The molecule has 1 aromatic carbocycles. The van der Waals surface area contributed by atoms with Crippen molar-refractivity contribution in [2.45, 2.75) is 103 Å². The molecule has 1 heterocycles. The molecule has 3 amide bonds. The Morgan fingerprint density at radius 3 is 2.31 bits per heavy atom. The van der Waals surface area contributed by atoms with E-state index in [9.17, 15) is 27.6 Å². The summed E-state index contributed by atoms with van der Waals surface area (Å²) in [6.45, 7) is 15.2. The molecule has 260 valence electrons. The zero-order valence-electron chi connectivity index (χ0n) is 28.7. The van der Waals surface area contributed by atoms with Gasteiger partial charge in [0.15, 0.2) is 5.78 Å². The van der Waals surface area contributed by atoms with Gasteiger partial charge >= 0.3 is 0 Å². The molecule has 1 aromatic heterocycles. The average Bonchev–Trinajstić information content (AvgIpc) is 3.91. The first-order valence-corrected chi connectivity index (χ1v) is 18.2. The number of aromatic nitrogens is 1. The number of fused-ring (bicyclic) bond motifs is 1. The van der Waals surface area contributed by atoms with E-state index in [1.165, 1.54) is 6.08 Å². The van der Waals surface area contributed by atoms with Gasteiger partial charge in [-0.2, -0.15) is 0 Å². The van der Waals surface area contributed by atoms with Crippen molar-refractivity contribution in [1.82, 2.24) is 20.3 Å². The van der Waals surface area contributed by atoms with Crippen molar-refractivity contribution in [3.63, 3.8) is 0 Å². The van der Waals surface area contributed by atoms with Gasteiger partial charge in [0.2, 0.25) is 27.7 Å². The van der Waals surface area contributed by atoms with E-state index in [4.69, 9.17) is 4.74 Å². The SMILES string of the molecule is C=CC1CC1(NC(=O)C1CC(Oc2nccc3ccccc23)CC1C(=O)C(NC(=O)CC(C)(C)C)C(C)(C)C)C(=O)NS(=O)(=O)C1CC1. The molecule has 3 saturated carbocycles. The molecular weight excluding hydrogens is 632 g/mol. The standard InChI is InChI=1S/C36H48N4O7S/c1-8-22-19-36(22,33(44)40-48(45,46)24-13-14-24)39-31(43)27-18-23(47-32-25-12-10-9-11-21(25)15-16-37-32)17-26(27)29(42)30(35(5,6)7)38-28(41)20-34(2,3)4/h8-12,15-16,22-24,26-27,30H,1,13-14,17-20H2,2-7H3,(H,38,41)(H,39,43)(H,40,44). The van der Waals surface area contributed by atoms with Crippen molar-refractivity contribution in [3.8, 4) is 5.88 Å². The number of hydrogen-bond donors (Lipinski definition) is 3. The highest BCUT2D eigenvalue weighted by Gasteiger charge is 2.62. The van der Waals surface area contributed by atoms with Crippen LogP contribution in [0.1, 0.15) is 80.1 Å². The Kier molecular flexibility index (Phi) is 9.55. The van der Waals surface area contributed by atoms with Crippen LogP contribution in [-0.4, -0.2) is 59.8 Å². The summed E-state index contributed by atoms with van der Waals surface area (Å²) >= 11 is 0. The summed E-state index contributed by atoms with van der Waals surface area (Å²) < 4.78 is 33.8. The fourth-order valence-corrected chi connectivity index (χ4v) is 8.05. The summed E-state index contributed by atoms with van der Waals surface area (Å²) in [5, 5.41) is 6.90. The smallest absolute Gasteiger partial charge is 0.259 e. The fourth-order valence-electron chi connectivity index (χ4n) is 6.69. The second-order valence-electron chi connectivity index (χ2n) is 16.0. The molecule has 3 fully saturated rings. The lowest BCUT2D eigenvalue weighted by molar-refractivity contribution is -0.138. The van der Waals surface area contributed by atoms with Crippen LogP contribution < -0.4 is 20.1 Å². The number of nitrogens with one attached hydrogen (secondary N) is 3. The molecule has 3 N–H and O–H groups in total. The molecule has 3 aliphatic carbocycles. The minimum atomic E-state index is -3.86. The Morgan fingerprint density at radius 1 is 1.04 bits per heavy atom. The number of ketones is 1. The molecule has 6 atom stereocenters. The maximum atomic E-state index is 14.5. The number of nitrogens with zero attached hydrogens (tertiary/aromatic N) is 1. The Balaban J connectivity index is 1.43. The van der Waals surface area contributed by atoms with E-state index in [0.29, 0.717) is 18.7 Å². The van der Waals surface area contributed by atoms with Gasteiger partial charge in [0, 0.05) is 29.8 Å². The van der Waals surface area contributed by atoms with Gasteiger partial charge in [0.1, 0.15) is 11.6 Å². The molecule has 0 aliphatic heterocycles. The molecule has 0 radical (unpaired) electrons. The molecule has 2 aromatic rings. The molecule has 3 aliphatic rings. The van der Waals surface area contributed by atoms with Gasteiger partial charge in [-0.1, -0.05) is 65.8 Å². The van der Waals surface area contributed by atoms with Crippen molar-refractivity contribution in [1.29, 1.82) is 0 Å². The highest BCUT2D eigenvalue weighted by Crippen LogP contribution is 2.47. The number of hydrogen-bond acceptors (Lipinski definition) is 8. The number of Topliss-reactive ketones (excluding diaryl/α,β-unsaturated/α-hetero) is 1. The first kappa shape index (κ1) is 35.5. The predicted octanol–water partition coefficient (Wildman–Crippen LogP) is 4.21. The molecule has 48 heavy (non-hydrogen) atoms. The Bertz CT molecular complexity index is 1720. The van der Waals surface area contributed by atoms with Crippen molar-refractivity contribution in [3.05, 3.63) is 49.2 Å². The monoisotopic (exact) mass is 680 g/mol. The highest BCUT2D eigenvalue weighted by molar-refractivity contribution is 7.91. The summed E-state index contributed by atoms with van der Waals surface area (Å²) in [4.78, 5) is 59.6. The van der Waals surface area contributed by atoms with E-state index in [1.807, 2.05) is 71.9 Å². The molecule has 0 bridgehead atoms. The van der Waals surface area contributed by atoms with Crippen LogP contribution in [-0.2, 0) is 29.2 Å². The van der Waals surface area contributed by atoms with E-state index in [0.717, 1.165) is 10.8 Å². The average molecular weight is 681 g/mol. The van der Waals surface area contributed by atoms with Gasteiger partial charge in [-0.05, 0) is 60.5 Å². The lowest BCUT2D eigenvalue weighted by atomic mass is 9.77. The van der Waals surface area contributed by atoms with Crippen LogP contribution in [0.5, 0.6) is 5.88 Å². The third-order valence-corrected chi connectivity index (χ3v) is 11.4. The third-order valence-electron chi connectivity index (χ3n) is 9.53. The van der Waals surface area contributed by atoms with Gasteiger partial charge in [-0.3, -0.25) is 23.9 Å². The van der Waals surface area contributed by atoms with Gasteiger partial charge in [-0.25, -0.2) is 13.4 Å². The maximum Gasteiger partial charge on any atom is 0.259 e. The van der Waals surface area contributed by atoms with Crippen molar-refractivity contribution >= 4 is 44.3 Å². The van der Waals surface area contributed by atoms with E-state index in [2.05, 4.69) is 26.9 Å². The van der Waals surface area contributed by atoms with Crippen LogP contribution in [0.3, 0.4) is 0 Å². The zero-order chi connectivity index (χ0) is 35.2. The van der Waals surface area contributed by atoms with Crippen molar-refractivity contribution in [2.75, 3.05) is 0 Å². The molecule has 0 spiro atoms. The number of amides is 3. The van der Waals surface area contributed by atoms with Crippen LogP contribution in [0.4, 0.5) is 0 Å². The number of carbonyl (C=O) groups is 4. The summed E-state index contributed by atoms with van der Waals surface area (Å²) in [5.74, 6) is -3.79. The maximum absolute atomic E-state index is 14.5. The highest BCUT2D eigenvalue weighted by atomic mass is 32.2. The molecule has 12 heteroatoms. The number of rotatable bonds is 12. The number of benzene rings is 1. The third kappa shape index (κ3) is 7.74. The summed E-state index contributed by atoms with van der Waals surface area (Å²) in [6, 6.07) is 8.59. The molecular formula is C36H48N4O7S. The minimum absolute atomic E-state index is 0.150. The molecule has 5 rings (SSSR count). The van der Waals surface area contributed by atoms with E-state index in [1.54, 1.807) is 6.20 Å².